The largest absolute Gasteiger partial charge is 0.390 e. The summed E-state index contributed by atoms with van der Waals surface area (Å²) in [7, 11) is 0. The Morgan fingerprint density at radius 2 is 2.19 bits per heavy atom. The van der Waals surface area contributed by atoms with Crippen LogP contribution in [0.15, 0.2) is 18.5 Å². The molecule has 0 spiro atoms. The molecule has 6 heteroatoms. The number of pyridine rings is 1. The first-order chi connectivity index (χ1) is 7.79. The van der Waals surface area contributed by atoms with Crippen LogP contribution in [0.2, 0.25) is 0 Å². The number of hydrogen-bond acceptors (Lipinski definition) is 6. The van der Waals surface area contributed by atoms with Gasteiger partial charge < -0.3 is 10.8 Å². The van der Waals surface area contributed by atoms with Crippen LogP contribution in [0.3, 0.4) is 0 Å². The first kappa shape index (κ1) is 9.44. The van der Waals surface area contributed by atoms with Gasteiger partial charge in [-0.3, -0.25) is 0 Å². The summed E-state index contributed by atoms with van der Waals surface area (Å²) < 4.78 is 0.847. The van der Waals surface area contributed by atoms with Crippen molar-refractivity contribution < 1.29 is 5.11 Å². The van der Waals surface area contributed by atoms with Gasteiger partial charge in [-0.1, -0.05) is 0 Å². The van der Waals surface area contributed by atoms with Crippen molar-refractivity contribution in [3.63, 3.8) is 0 Å². The molecule has 3 heterocycles. The molecule has 3 N–H and O–H groups in total. The quantitative estimate of drug-likeness (QED) is 0.660. The Bertz CT molecular complexity index is 679. The monoisotopic (exact) mass is 232 g/mol. The van der Waals surface area contributed by atoms with Crippen LogP contribution in [0, 0.1) is 0 Å². The summed E-state index contributed by atoms with van der Waals surface area (Å²) >= 11 is 1.45. The average molecular weight is 232 g/mol. The third-order valence-electron chi connectivity index (χ3n) is 2.37. The molecule has 0 saturated carbocycles. The van der Waals surface area contributed by atoms with E-state index in [1.54, 1.807) is 6.07 Å². The molecule has 0 aliphatic rings. The molecule has 0 unspecified atom stereocenters. The van der Waals surface area contributed by atoms with Gasteiger partial charge in [0.05, 0.1) is 22.5 Å². The van der Waals surface area contributed by atoms with Gasteiger partial charge in [-0.2, -0.15) is 0 Å². The van der Waals surface area contributed by atoms with E-state index < -0.39 is 0 Å². The van der Waals surface area contributed by atoms with Gasteiger partial charge in [0.2, 0.25) is 0 Å². The summed E-state index contributed by atoms with van der Waals surface area (Å²) in [5.74, 6) is 0.471. The van der Waals surface area contributed by atoms with Crippen LogP contribution in [0.4, 0.5) is 5.82 Å². The summed E-state index contributed by atoms with van der Waals surface area (Å²) in [4.78, 5) is 13.3. The van der Waals surface area contributed by atoms with E-state index >= 15 is 0 Å². The lowest BCUT2D eigenvalue weighted by molar-refractivity contribution is 0.277. The molecule has 0 bridgehead atoms. The summed E-state index contributed by atoms with van der Waals surface area (Å²) in [6.45, 7) is -0.0641. The summed E-state index contributed by atoms with van der Waals surface area (Å²) in [6.07, 6.45) is 1.45. The predicted octanol–water partition coefficient (Wildman–Crippen LogP) is 1.31. The summed E-state index contributed by atoms with van der Waals surface area (Å²) in [5, 5.41) is 9.97. The Kier molecular flexibility index (Phi) is 1.98. The average Bonchev–Trinajstić information content (AvgIpc) is 2.68. The SMILES string of the molecule is Nc1ncnc2c1sc1nc(CO)ccc12. The Labute approximate surface area is 94.6 Å². The highest BCUT2D eigenvalue weighted by Gasteiger charge is 2.10. The molecule has 80 valence electrons. The van der Waals surface area contributed by atoms with E-state index in [9.17, 15) is 0 Å². The van der Waals surface area contributed by atoms with Crippen molar-refractivity contribution in [2.24, 2.45) is 0 Å². The zero-order valence-electron chi connectivity index (χ0n) is 8.21. The number of thiophene rings is 1. The van der Waals surface area contributed by atoms with Crippen molar-refractivity contribution in [1.82, 2.24) is 15.0 Å². The van der Waals surface area contributed by atoms with E-state index in [4.69, 9.17) is 10.8 Å². The van der Waals surface area contributed by atoms with Gasteiger partial charge in [0.15, 0.2) is 0 Å². The first-order valence-corrected chi connectivity index (χ1v) is 5.50. The molecule has 5 nitrogen and oxygen atoms in total. The van der Waals surface area contributed by atoms with Crippen LogP contribution < -0.4 is 5.73 Å². The molecular weight excluding hydrogens is 224 g/mol. The first-order valence-electron chi connectivity index (χ1n) is 4.69. The second-order valence-electron chi connectivity index (χ2n) is 3.35. The van der Waals surface area contributed by atoms with Crippen LogP contribution >= 0.6 is 11.3 Å². The third kappa shape index (κ3) is 1.24. The maximum atomic E-state index is 9.02. The number of nitrogens with zero attached hydrogens (tertiary/aromatic N) is 3. The fourth-order valence-electron chi connectivity index (χ4n) is 1.60. The molecule has 0 aliphatic carbocycles. The number of nitrogen functional groups attached to an aromatic ring is 1. The molecule has 0 radical (unpaired) electrons. The standard InChI is InChI=1S/C10H8N4OS/c11-9-8-7(12-4-13-9)6-2-1-5(3-15)14-10(6)16-8/h1-2,4,15H,3H2,(H2,11,12,13). The van der Waals surface area contributed by atoms with E-state index in [0.717, 1.165) is 20.4 Å². The number of aliphatic hydroxyl groups is 1. The highest BCUT2D eigenvalue weighted by molar-refractivity contribution is 7.25. The van der Waals surface area contributed by atoms with Crippen molar-refractivity contribution >= 4 is 37.6 Å². The molecule has 16 heavy (non-hydrogen) atoms. The zero-order chi connectivity index (χ0) is 11.1. The van der Waals surface area contributed by atoms with Gasteiger partial charge in [-0.05, 0) is 12.1 Å². The minimum atomic E-state index is -0.0641. The van der Waals surface area contributed by atoms with Crippen molar-refractivity contribution in [1.29, 1.82) is 0 Å². The number of rotatable bonds is 1. The Balaban J connectivity index is 2.45. The molecule has 0 fully saturated rings. The Morgan fingerprint density at radius 3 is 3.00 bits per heavy atom. The lowest BCUT2D eigenvalue weighted by Gasteiger charge is -1.94. The third-order valence-corrected chi connectivity index (χ3v) is 3.48. The van der Waals surface area contributed by atoms with E-state index in [0.29, 0.717) is 11.5 Å². The van der Waals surface area contributed by atoms with Gasteiger partial charge in [0.1, 0.15) is 17.0 Å². The van der Waals surface area contributed by atoms with Crippen LogP contribution in [-0.4, -0.2) is 20.1 Å². The lowest BCUT2D eigenvalue weighted by atomic mass is 10.2. The molecule has 0 atom stereocenters. The minimum absolute atomic E-state index is 0.0641. The molecular formula is C10H8N4OS. The highest BCUT2D eigenvalue weighted by atomic mass is 32.1. The molecule has 0 saturated heterocycles. The lowest BCUT2D eigenvalue weighted by Crippen LogP contribution is -1.90. The van der Waals surface area contributed by atoms with Gasteiger partial charge >= 0.3 is 0 Å². The second kappa shape index (κ2) is 3.36. The number of aliphatic hydroxyl groups excluding tert-OH is 1. The zero-order valence-corrected chi connectivity index (χ0v) is 9.03. The number of aromatic nitrogens is 3. The van der Waals surface area contributed by atoms with E-state index in [1.165, 1.54) is 17.7 Å². The fourth-order valence-corrected chi connectivity index (χ4v) is 2.65. The van der Waals surface area contributed by atoms with Gasteiger partial charge in [0, 0.05) is 5.39 Å². The maximum absolute atomic E-state index is 9.02. The molecule has 0 aromatic carbocycles. The maximum Gasteiger partial charge on any atom is 0.144 e. The number of hydrogen-bond donors (Lipinski definition) is 2. The number of nitrogens with two attached hydrogens (primary N) is 1. The molecule has 0 amide bonds. The van der Waals surface area contributed by atoms with E-state index in [1.807, 2.05) is 6.07 Å². The molecule has 3 aromatic heterocycles. The Hall–Kier alpha value is -1.79. The van der Waals surface area contributed by atoms with E-state index in [-0.39, 0.29) is 6.61 Å². The van der Waals surface area contributed by atoms with Gasteiger partial charge in [-0.15, -0.1) is 11.3 Å². The van der Waals surface area contributed by atoms with Crippen LogP contribution in [0.1, 0.15) is 5.69 Å². The number of fused-ring (bicyclic) bond motifs is 3. The van der Waals surface area contributed by atoms with E-state index in [2.05, 4.69) is 15.0 Å². The molecule has 3 rings (SSSR count). The second-order valence-corrected chi connectivity index (χ2v) is 4.35. The Morgan fingerprint density at radius 1 is 1.31 bits per heavy atom. The summed E-state index contributed by atoms with van der Waals surface area (Å²) in [5.41, 5.74) is 7.24. The van der Waals surface area contributed by atoms with Crippen LogP contribution in [-0.2, 0) is 6.61 Å². The van der Waals surface area contributed by atoms with Crippen molar-refractivity contribution in [2.45, 2.75) is 6.61 Å². The van der Waals surface area contributed by atoms with Crippen molar-refractivity contribution in [3.05, 3.63) is 24.2 Å². The van der Waals surface area contributed by atoms with Crippen LogP contribution in [0.25, 0.3) is 20.4 Å². The van der Waals surface area contributed by atoms with Gasteiger partial charge in [-0.25, -0.2) is 15.0 Å². The predicted molar refractivity (Wildman–Crippen MR) is 63.1 cm³/mol. The molecule has 0 aliphatic heterocycles. The highest BCUT2D eigenvalue weighted by Crippen LogP contribution is 2.33. The smallest absolute Gasteiger partial charge is 0.144 e. The van der Waals surface area contributed by atoms with Gasteiger partial charge in [0.25, 0.3) is 0 Å². The van der Waals surface area contributed by atoms with Crippen molar-refractivity contribution in [3.8, 4) is 0 Å². The van der Waals surface area contributed by atoms with Crippen molar-refractivity contribution in [2.75, 3.05) is 5.73 Å². The van der Waals surface area contributed by atoms with Crippen LogP contribution in [0.5, 0.6) is 0 Å². The minimum Gasteiger partial charge on any atom is -0.390 e. The number of anilines is 1. The normalized spacial score (nSPS) is 11.3. The fraction of sp³-hybridized carbons (Fsp3) is 0.100. The molecule has 3 aromatic rings. The topological polar surface area (TPSA) is 84.9 Å². The summed E-state index contributed by atoms with van der Waals surface area (Å²) in [6, 6.07) is 3.69.